The minimum Gasteiger partial charge on any atom is -0.304 e. The minimum absolute atomic E-state index is 0.287. The Morgan fingerprint density at radius 2 is 1.89 bits per heavy atom. The Morgan fingerprint density at radius 3 is 2.50 bits per heavy atom. The SMILES string of the molecule is C=CCC1(N[C@H](C)c2ccccc2)CCCCC1. The Kier molecular flexibility index (Phi) is 4.60. The van der Waals surface area contributed by atoms with E-state index in [-0.39, 0.29) is 5.54 Å². The molecule has 2 rings (SSSR count). The summed E-state index contributed by atoms with van der Waals surface area (Å²) in [5.74, 6) is 0. The maximum absolute atomic E-state index is 3.94. The number of benzene rings is 1. The Balaban J connectivity index is 2.06. The summed E-state index contributed by atoms with van der Waals surface area (Å²) in [5.41, 5.74) is 1.67. The summed E-state index contributed by atoms with van der Waals surface area (Å²) < 4.78 is 0. The van der Waals surface area contributed by atoms with Gasteiger partial charge in [-0.15, -0.1) is 6.58 Å². The van der Waals surface area contributed by atoms with Crippen LogP contribution in [-0.2, 0) is 0 Å². The average Bonchev–Trinajstić information content (AvgIpc) is 2.41. The third kappa shape index (κ3) is 3.23. The number of hydrogen-bond acceptors (Lipinski definition) is 1. The van der Waals surface area contributed by atoms with Crippen LogP contribution in [0.4, 0.5) is 0 Å². The first-order chi connectivity index (χ1) is 8.76. The summed E-state index contributed by atoms with van der Waals surface area (Å²) in [6, 6.07) is 11.2. The molecule has 0 heterocycles. The molecule has 0 aliphatic heterocycles. The van der Waals surface area contributed by atoms with Gasteiger partial charge in [0.1, 0.15) is 0 Å². The average molecular weight is 243 g/mol. The van der Waals surface area contributed by atoms with Gasteiger partial charge in [-0.3, -0.25) is 0 Å². The van der Waals surface area contributed by atoms with Crippen LogP contribution in [0.3, 0.4) is 0 Å². The van der Waals surface area contributed by atoms with Gasteiger partial charge in [-0.2, -0.15) is 0 Å². The van der Waals surface area contributed by atoms with E-state index in [0.717, 1.165) is 6.42 Å². The van der Waals surface area contributed by atoms with Gasteiger partial charge in [-0.1, -0.05) is 55.7 Å². The van der Waals surface area contributed by atoms with Crippen molar-refractivity contribution in [1.29, 1.82) is 0 Å². The first-order valence-corrected chi connectivity index (χ1v) is 7.19. The smallest absolute Gasteiger partial charge is 0.0297 e. The van der Waals surface area contributed by atoms with Gasteiger partial charge in [0.15, 0.2) is 0 Å². The van der Waals surface area contributed by atoms with Crippen molar-refractivity contribution in [2.24, 2.45) is 0 Å². The Bertz CT molecular complexity index is 362. The molecular formula is C17H25N. The molecule has 1 atom stereocenters. The quantitative estimate of drug-likeness (QED) is 0.744. The summed E-state index contributed by atoms with van der Waals surface area (Å²) in [6.07, 6.45) is 9.83. The highest BCUT2D eigenvalue weighted by Gasteiger charge is 2.31. The molecular weight excluding hydrogens is 218 g/mol. The van der Waals surface area contributed by atoms with Gasteiger partial charge in [0.25, 0.3) is 0 Å². The lowest BCUT2D eigenvalue weighted by Crippen LogP contribution is -2.47. The van der Waals surface area contributed by atoms with E-state index in [1.165, 1.54) is 37.7 Å². The lowest BCUT2D eigenvalue weighted by molar-refractivity contribution is 0.213. The summed E-state index contributed by atoms with van der Waals surface area (Å²) >= 11 is 0. The second-order valence-electron chi connectivity index (χ2n) is 5.61. The highest BCUT2D eigenvalue weighted by atomic mass is 15.0. The molecule has 0 bridgehead atoms. The summed E-state index contributed by atoms with van der Waals surface area (Å²) in [5, 5.41) is 3.88. The van der Waals surface area contributed by atoms with E-state index in [0.29, 0.717) is 6.04 Å². The molecule has 0 spiro atoms. The molecule has 1 aromatic rings. The molecule has 1 aliphatic rings. The predicted molar refractivity (Wildman–Crippen MR) is 78.6 cm³/mol. The van der Waals surface area contributed by atoms with Crippen LogP contribution < -0.4 is 5.32 Å². The van der Waals surface area contributed by atoms with Gasteiger partial charge >= 0.3 is 0 Å². The molecule has 1 saturated carbocycles. The molecule has 1 aromatic carbocycles. The van der Waals surface area contributed by atoms with Gasteiger partial charge in [-0.25, -0.2) is 0 Å². The number of hydrogen-bond donors (Lipinski definition) is 1. The van der Waals surface area contributed by atoms with Gasteiger partial charge in [0, 0.05) is 11.6 Å². The summed E-state index contributed by atoms with van der Waals surface area (Å²) in [6.45, 7) is 6.21. The van der Waals surface area contributed by atoms with Crippen molar-refractivity contribution in [2.75, 3.05) is 0 Å². The minimum atomic E-state index is 0.287. The maximum atomic E-state index is 3.94. The summed E-state index contributed by atoms with van der Waals surface area (Å²) in [7, 11) is 0. The fraction of sp³-hybridized carbons (Fsp3) is 0.529. The number of nitrogens with one attached hydrogen (secondary N) is 1. The van der Waals surface area contributed by atoms with Gasteiger partial charge in [-0.05, 0) is 31.7 Å². The van der Waals surface area contributed by atoms with Crippen LogP contribution in [0.1, 0.15) is 57.1 Å². The van der Waals surface area contributed by atoms with E-state index in [9.17, 15) is 0 Å². The highest BCUT2D eigenvalue weighted by molar-refractivity contribution is 5.19. The van der Waals surface area contributed by atoms with Crippen molar-refractivity contribution >= 4 is 0 Å². The van der Waals surface area contributed by atoms with E-state index < -0.39 is 0 Å². The third-order valence-corrected chi connectivity index (χ3v) is 4.17. The zero-order chi connectivity index (χ0) is 12.8. The van der Waals surface area contributed by atoms with Crippen LogP contribution >= 0.6 is 0 Å². The predicted octanol–water partition coefficient (Wildman–Crippen LogP) is 4.62. The molecule has 1 heteroatoms. The van der Waals surface area contributed by atoms with E-state index in [1.807, 2.05) is 0 Å². The van der Waals surface area contributed by atoms with Crippen LogP contribution in [0.2, 0.25) is 0 Å². The molecule has 0 radical (unpaired) electrons. The van der Waals surface area contributed by atoms with Crippen LogP contribution in [0.15, 0.2) is 43.0 Å². The summed E-state index contributed by atoms with van der Waals surface area (Å²) in [4.78, 5) is 0. The van der Waals surface area contributed by atoms with Crippen molar-refractivity contribution in [1.82, 2.24) is 5.32 Å². The highest BCUT2D eigenvalue weighted by Crippen LogP contribution is 2.33. The Morgan fingerprint density at radius 1 is 1.22 bits per heavy atom. The van der Waals surface area contributed by atoms with Crippen LogP contribution in [-0.4, -0.2) is 5.54 Å². The lowest BCUT2D eigenvalue weighted by Gasteiger charge is -2.40. The molecule has 18 heavy (non-hydrogen) atoms. The molecule has 1 fully saturated rings. The fourth-order valence-corrected chi connectivity index (χ4v) is 3.20. The fourth-order valence-electron chi connectivity index (χ4n) is 3.20. The van der Waals surface area contributed by atoms with Crippen molar-refractivity contribution in [3.63, 3.8) is 0 Å². The zero-order valence-electron chi connectivity index (χ0n) is 11.5. The molecule has 0 unspecified atom stereocenters. The van der Waals surface area contributed by atoms with Gasteiger partial charge < -0.3 is 5.32 Å². The van der Waals surface area contributed by atoms with E-state index >= 15 is 0 Å². The first-order valence-electron chi connectivity index (χ1n) is 7.19. The van der Waals surface area contributed by atoms with Crippen LogP contribution in [0.25, 0.3) is 0 Å². The second kappa shape index (κ2) is 6.19. The van der Waals surface area contributed by atoms with Crippen LogP contribution in [0.5, 0.6) is 0 Å². The zero-order valence-corrected chi connectivity index (χ0v) is 11.5. The normalized spacial score (nSPS) is 20.3. The molecule has 98 valence electrons. The van der Waals surface area contributed by atoms with Crippen LogP contribution in [0, 0.1) is 0 Å². The van der Waals surface area contributed by atoms with Crippen molar-refractivity contribution in [3.05, 3.63) is 48.6 Å². The largest absolute Gasteiger partial charge is 0.304 e. The molecule has 1 N–H and O–H groups in total. The Hall–Kier alpha value is -1.08. The third-order valence-electron chi connectivity index (χ3n) is 4.17. The van der Waals surface area contributed by atoms with Crippen molar-refractivity contribution in [2.45, 2.75) is 57.0 Å². The molecule has 1 aliphatic carbocycles. The monoisotopic (exact) mass is 243 g/mol. The molecule has 1 nitrogen and oxygen atoms in total. The molecule has 0 aromatic heterocycles. The van der Waals surface area contributed by atoms with E-state index in [4.69, 9.17) is 0 Å². The van der Waals surface area contributed by atoms with E-state index in [2.05, 4.69) is 55.2 Å². The Labute approximate surface area is 111 Å². The van der Waals surface area contributed by atoms with E-state index in [1.54, 1.807) is 0 Å². The topological polar surface area (TPSA) is 12.0 Å². The number of rotatable bonds is 5. The first kappa shape index (κ1) is 13.4. The van der Waals surface area contributed by atoms with Gasteiger partial charge in [0.2, 0.25) is 0 Å². The standard InChI is InChI=1S/C17H25N/c1-3-12-17(13-8-5-9-14-17)18-15(2)16-10-6-4-7-11-16/h3-4,6-7,10-11,15,18H,1,5,8-9,12-14H2,2H3/t15-/m1/s1. The van der Waals surface area contributed by atoms with Gasteiger partial charge in [0.05, 0.1) is 0 Å². The molecule has 0 saturated heterocycles. The molecule has 0 amide bonds. The maximum Gasteiger partial charge on any atom is 0.0297 e. The second-order valence-corrected chi connectivity index (χ2v) is 5.61. The lowest BCUT2D eigenvalue weighted by atomic mass is 9.78. The van der Waals surface area contributed by atoms with Crippen molar-refractivity contribution in [3.8, 4) is 0 Å². The van der Waals surface area contributed by atoms with Crippen molar-refractivity contribution < 1.29 is 0 Å².